The van der Waals surface area contributed by atoms with Crippen molar-refractivity contribution in [1.82, 2.24) is 10.6 Å². The first-order chi connectivity index (χ1) is 13.8. The van der Waals surface area contributed by atoms with Gasteiger partial charge in [-0.15, -0.1) is 0 Å². The maximum atomic E-state index is 13.5. The number of carbonyl (C=O) groups is 1. The summed E-state index contributed by atoms with van der Waals surface area (Å²) < 4.78 is 6.35. The van der Waals surface area contributed by atoms with E-state index in [0.717, 1.165) is 50.3 Å². The molecule has 3 aliphatic heterocycles. The van der Waals surface area contributed by atoms with Gasteiger partial charge in [0.2, 0.25) is 0 Å². The highest BCUT2D eigenvalue weighted by molar-refractivity contribution is 5.88. The molecular weight excluding hydrogens is 348 g/mol. The maximum absolute atomic E-state index is 13.5. The molecule has 28 heavy (non-hydrogen) atoms. The summed E-state index contributed by atoms with van der Waals surface area (Å²) >= 11 is 0. The highest BCUT2D eigenvalue weighted by Crippen LogP contribution is 2.58. The molecule has 2 saturated heterocycles. The van der Waals surface area contributed by atoms with Crippen LogP contribution in [0, 0.1) is 11.8 Å². The van der Waals surface area contributed by atoms with Crippen molar-refractivity contribution >= 4 is 5.78 Å². The molecule has 4 atom stereocenters. The molecule has 1 saturated carbocycles. The van der Waals surface area contributed by atoms with Gasteiger partial charge in [0.1, 0.15) is 17.3 Å². The van der Waals surface area contributed by atoms with Gasteiger partial charge in [-0.05, 0) is 50.9 Å². The molecule has 1 spiro atoms. The summed E-state index contributed by atoms with van der Waals surface area (Å²) in [5.74, 6) is 2.50. The van der Waals surface area contributed by atoms with Gasteiger partial charge in [0, 0.05) is 35.0 Å². The number of carbonyl (C=O) groups excluding carboxylic acids is 1. The van der Waals surface area contributed by atoms with Crippen molar-refractivity contribution in [3.63, 3.8) is 0 Å². The Balaban J connectivity index is 1.68. The molecule has 2 aromatic carbocycles. The fourth-order valence-electron chi connectivity index (χ4n) is 6.54. The molecular formula is C24H26N2O2. The molecule has 2 N–H and O–H groups in total. The van der Waals surface area contributed by atoms with Gasteiger partial charge in [0.15, 0.2) is 0 Å². The number of piperidine rings is 2. The van der Waals surface area contributed by atoms with Crippen LogP contribution < -0.4 is 15.4 Å². The number of hydrogen-bond acceptors (Lipinski definition) is 4. The van der Waals surface area contributed by atoms with Crippen LogP contribution in [-0.2, 0) is 10.2 Å². The van der Waals surface area contributed by atoms with Gasteiger partial charge in [-0.3, -0.25) is 4.79 Å². The first-order valence-electron chi connectivity index (χ1n) is 10.7. The van der Waals surface area contributed by atoms with E-state index >= 15 is 0 Å². The number of rotatable bonds is 0. The minimum atomic E-state index is -0.282. The van der Waals surface area contributed by atoms with Gasteiger partial charge in [-0.1, -0.05) is 36.4 Å². The molecule has 144 valence electrons. The third-order valence-electron chi connectivity index (χ3n) is 7.51. The van der Waals surface area contributed by atoms with E-state index in [2.05, 4.69) is 47.0 Å². The quantitative estimate of drug-likeness (QED) is 0.742. The highest BCUT2D eigenvalue weighted by Gasteiger charge is 2.63. The molecule has 0 amide bonds. The van der Waals surface area contributed by atoms with Gasteiger partial charge in [-0.2, -0.15) is 0 Å². The third kappa shape index (κ3) is 2.05. The minimum absolute atomic E-state index is 0.0779. The minimum Gasteiger partial charge on any atom is -0.457 e. The lowest BCUT2D eigenvalue weighted by molar-refractivity contribution is -0.137. The number of ketones is 1. The van der Waals surface area contributed by atoms with Crippen molar-refractivity contribution in [1.29, 1.82) is 0 Å². The van der Waals surface area contributed by atoms with Crippen LogP contribution in [0.5, 0.6) is 11.5 Å². The van der Waals surface area contributed by atoms with Crippen LogP contribution in [0.25, 0.3) is 0 Å². The number of fused-ring (bicyclic) bond motifs is 8. The smallest absolute Gasteiger partial charge is 0.142 e. The fourth-order valence-corrected chi connectivity index (χ4v) is 6.54. The predicted molar refractivity (Wildman–Crippen MR) is 108 cm³/mol. The Hall–Kier alpha value is -2.17. The van der Waals surface area contributed by atoms with Crippen LogP contribution >= 0.6 is 0 Å². The Morgan fingerprint density at radius 2 is 1.29 bits per heavy atom. The normalized spacial score (nSPS) is 32.5. The molecule has 1 aliphatic carbocycles. The third-order valence-corrected chi connectivity index (χ3v) is 7.51. The standard InChI is InChI=1S/C24H26N2O2/c27-21-15-7-5-13-25-22(15)24(23-16(21)8-6-14-26-23)17-9-1-3-11-19(17)28-20-12-4-2-10-18(20)24/h1-4,9-12,15-16,22-23,25-26H,5-8,13-14H2. The average Bonchev–Trinajstić information content (AvgIpc) is 2.77. The molecule has 2 aromatic rings. The van der Waals surface area contributed by atoms with Gasteiger partial charge in [0.25, 0.3) is 0 Å². The van der Waals surface area contributed by atoms with E-state index in [1.54, 1.807) is 0 Å². The van der Waals surface area contributed by atoms with Crippen molar-refractivity contribution < 1.29 is 9.53 Å². The summed E-state index contributed by atoms with van der Waals surface area (Å²) in [5.41, 5.74) is 2.18. The van der Waals surface area contributed by atoms with Crippen LogP contribution in [0.2, 0.25) is 0 Å². The lowest BCUT2D eigenvalue weighted by atomic mass is 9.50. The maximum Gasteiger partial charge on any atom is 0.142 e. The number of ether oxygens (including phenoxy) is 1. The van der Waals surface area contributed by atoms with Crippen molar-refractivity contribution in [2.45, 2.75) is 43.2 Å². The van der Waals surface area contributed by atoms with Gasteiger partial charge < -0.3 is 15.4 Å². The SMILES string of the molecule is O=C1C2CCCNC2C2(c3ccccc3Oc3ccccc32)C2NCCCC12. The zero-order valence-corrected chi connectivity index (χ0v) is 16.0. The van der Waals surface area contributed by atoms with Crippen LogP contribution in [-0.4, -0.2) is 31.0 Å². The van der Waals surface area contributed by atoms with Crippen LogP contribution in [0.15, 0.2) is 48.5 Å². The zero-order valence-electron chi connectivity index (χ0n) is 16.0. The van der Waals surface area contributed by atoms with E-state index in [-0.39, 0.29) is 29.3 Å². The zero-order chi connectivity index (χ0) is 18.7. The number of benzene rings is 2. The van der Waals surface area contributed by atoms with Crippen LogP contribution in [0.3, 0.4) is 0 Å². The van der Waals surface area contributed by atoms with Crippen molar-refractivity contribution in [3.05, 3.63) is 59.7 Å². The van der Waals surface area contributed by atoms with Crippen LogP contribution in [0.4, 0.5) is 0 Å². The van der Waals surface area contributed by atoms with E-state index < -0.39 is 0 Å². The highest BCUT2D eigenvalue weighted by atomic mass is 16.5. The second kappa shape index (κ2) is 6.16. The summed E-state index contributed by atoms with van der Waals surface area (Å²) in [4.78, 5) is 13.5. The molecule has 4 nitrogen and oxygen atoms in total. The summed E-state index contributed by atoms with van der Waals surface area (Å²) in [6.45, 7) is 1.94. The molecule has 4 aliphatic rings. The monoisotopic (exact) mass is 374 g/mol. The Kier molecular flexibility index (Phi) is 3.69. The van der Waals surface area contributed by atoms with E-state index in [0.29, 0.717) is 5.78 Å². The Labute approximate surface area is 165 Å². The first kappa shape index (κ1) is 16.8. The number of hydrogen-bond donors (Lipinski definition) is 2. The lowest BCUT2D eigenvalue weighted by Gasteiger charge is -2.59. The first-order valence-corrected chi connectivity index (χ1v) is 10.7. The molecule has 0 radical (unpaired) electrons. The summed E-state index contributed by atoms with van der Waals surface area (Å²) in [7, 11) is 0. The fraction of sp³-hybridized carbons (Fsp3) is 0.458. The van der Waals surface area contributed by atoms with Gasteiger partial charge in [-0.25, -0.2) is 0 Å². The lowest BCUT2D eigenvalue weighted by Crippen LogP contribution is -2.73. The molecule has 0 bridgehead atoms. The summed E-state index contributed by atoms with van der Waals surface area (Å²) in [5, 5.41) is 7.62. The topological polar surface area (TPSA) is 50.4 Å². The predicted octanol–water partition coefficient (Wildman–Crippen LogP) is 3.40. The van der Waals surface area contributed by atoms with E-state index in [9.17, 15) is 4.79 Å². The van der Waals surface area contributed by atoms with Crippen molar-refractivity contribution in [2.75, 3.05) is 13.1 Å². The summed E-state index contributed by atoms with van der Waals surface area (Å²) in [6.07, 6.45) is 4.14. The van der Waals surface area contributed by atoms with Gasteiger partial charge in [0.05, 0.1) is 5.41 Å². The molecule has 6 rings (SSSR count). The van der Waals surface area contributed by atoms with Crippen LogP contribution in [0.1, 0.15) is 36.8 Å². The number of nitrogens with one attached hydrogen (secondary N) is 2. The second-order valence-corrected chi connectivity index (χ2v) is 8.73. The second-order valence-electron chi connectivity index (χ2n) is 8.73. The van der Waals surface area contributed by atoms with Crippen molar-refractivity contribution in [2.24, 2.45) is 11.8 Å². The Morgan fingerprint density at radius 1 is 0.786 bits per heavy atom. The van der Waals surface area contributed by atoms with Crippen molar-refractivity contribution in [3.8, 4) is 11.5 Å². The molecule has 3 heterocycles. The largest absolute Gasteiger partial charge is 0.457 e. The van der Waals surface area contributed by atoms with E-state index in [4.69, 9.17) is 4.74 Å². The van der Waals surface area contributed by atoms with E-state index in [1.165, 1.54) is 11.1 Å². The molecule has 4 heteroatoms. The Morgan fingerprint density at radius 3 is 1.82 bits per heavy atom. The van der Waals surface area contributed by atoms with Gasteiger partial charge >= 0.3 is 0 Å². The molecule has 3 fully saturated rings. The summed E-state index contributed by atoms with van der Waals surface area (Å²) in [6, 6.07) is 17.1. The Bertz CT molecular complexity index is 866. The van der Waals surface area contributed by atoms with E-state index in [1.807, 2.05) is 12.1 Å². The molecule has 4 unspecified atom stereocenters. The number of Topliss-reactive ketones (excluding diaryl/α,β-unsaturated/α-hetero) is 1. The number of para-hydroxylation sites is 2. The molecule has 0 aromatic heterocycles. The average molecular weight is 374 g/mol.